The van der Waals surface area contributed by atoms with Gasteiger partial charge in [-0.1, -0.05) is 0 Å². The van der Waals surface area contributed by atoms with E-state index in [0.717, 1.165) is 0 Å². The average Bonchev–Trinajstić information content (AvgIpc) is 2.20. The predicted octanol–water partition coefficient (Wildman–Crippen LogP) is -0.488. The molecule has 0 saturated carbocycles. The van der Waals surface area contributed by atoms with Crippen LogP contribution in [0.4, 0.5) is 4.79 Å². The van der Waals surface area contributed by atoms with E-state index in [2.05, 4.69) is 10.6 Å². The van der Waals surface area contributed by atoms with Crippen LogP contribution in [0, 0.1) is 11.3 Å². The number of alkyl carbamates (subject to hydrolysis) is 1. The molecule has 2 amide bonds. The molecular weight excluding hydrogens is 226 g/mol. The van der Waals surface area contributed by atoms with Gasteiger partial charge >= 0.3 is 6.09 Å². The van der Waals surface area contributed by atoms with Crippen LogP contribution in [0.3, 0.4) is 0 Å². The van der Waals surface area contributed by atoms with Gasteiger partial charge in [-0.2, -0.15) is 5.26 Å². The van der Waals surface area contributed by atoms with Crippen LogP contribution in [0.25, 0.3) is 0 Å². The molecule has 0 aliphatic carbocycles. The van der Waals surface area contributed by atoms with E-state index in [1.165, 1.54) is 0 Å². The number of nitrogens with zero attached hydrogens (tertiary/aromatic N) is 1. The first-order valence-electron chi connectivity index (χ1n) is 5.05. The molecular formula is C10H17N3O4. The number of hydrogen-bond donors (Lipinski definition) is 3. The van der Waals surface area contributed by atoms with E-state index in [0.29, 0.717) is 0 Å². The van der Waals surface area contributed by atoms with Crippen molar-refractivity contribution in [2.45, 2.75) is 32.4 Å². The Labute approximate surface area is 99.7 Å². The monoisotopic (exact) mass is 243 g/mol. The number of rotatable bonds is 4. The van der Waals surface area contributed by atoms with Crippen LogP contribution >= 0.6 is 0 Å². The Hall–Kier alpha value is -1.81. The van der Waals surface area contributed by atoms with Gasteiger partial charge in [-0.3, -0.25) is 4.79 Å². The first kappa shape index (κ1) is 15.2. The summed E-state index contributed by atoms with van der Waals surface area (Å²) in [7, 11) is 0. The lowest BCUT2D eigenvalue weighted by atomic mass is 10.2. The van der Waals surface area contributed by atoms with E-state index >= 15 is 0 Å². The quantitative estimate of drug-likeness (QED) is 0.617. The normalized spacial score (nSPS) is 12.2. The first-order chi connectivity index (χ1) is 7.78. The molecule has 0 aromatic carbocycles. The largest absolute Gasteiger partial charge is 0.444 e. The van der Waals surface area contributed by atoms with Gasteiger partial charge in [0.05, 0.1) is 12.7 Å². The van der Waals surface area contributed by atoms with Gasteiger partial charge in [0.15, 0.2) is 0 Å². The van der Waals surface area contributed by atoms with Crippen LogP contribution in [0.2, 0.25) is 0 Å². The van der Waals surface area contributed by atoms with Gasteiger partial charge in [0, 0.05) is 0 Å². The minimum atomic E-state index is -0.970. The minimum Gasteiger partial charge on any atom is -0.444 e. The lowest BCUT2D eigenvalue weighted by Crippen LogP contribution is -2.44. The van der Waals surface area contributed by atoms with Gasteiger partial charge < -0.3 is 20.5 Å². The van der Waals surface area contributed by atoms with Crippen LogP contribution in [0.1, 0.15) is 20.8 Å². The molecule has 0 saturated heterocycles. The lowest BCUT2D eigenvalue weighted by Gasteiger charge is -2.19. The summed E-state index contributed by atoms with van der Waals surface area (Å²) in [6, 6.07) is 0.713. The fourth-order valence-electron chi connectivity index (χ4n) is 0.831. The van der Waals surface area contributed by atoms with Crippen molar-refractivity contribution >= 4 is 12.0 Å². The molecule has 1 atom stereocenters. The summed E-state index contributed by atoms with van der Waals surface area (Å²) < 4.78 is 4.90. The molecule has 0 aromatic rings. The molecule has 0 heterocycles. The average molecular weight is 243 g/mol. The Balaban J connectivity index is 3.93. The fourth-order valence-corrected chi connectivity index (χ4v) is 0.831. The van der Waals surface area contributed by atoms with Crippen molar-refractivity contribution in [1.82, 2.24) is 10.6 Å². The Kier molecular flexibility index (Phi) is 5.99. The van der Waals surface area contributed by atoms with Crippen LogP contribution in [0.5, 0.6) is 0 Å². The summed E-state index contributed by atoms with van der Waals surface area (Å²) in [6.07, 6.45) is -0.717. The predicted molar refractivity (Wildman–Crippen MR) is 58.9 cm³/mol. The molecule has 0 aromatic heterocycles. The molecule has 7 nitrogen and oxygen atoms in total. The minimum absolute atomic E-state index is 0.312. The van der Waals surface area contributed by atoms with Crippen molar-refractivity contribution in [1.29, 1.82) is 5.26 Å². The second kappa shape index (κ2) is 6.70. The van der Waals surface area contributed by atoms with Gasteiger partial charge in [-0.15, -0.1) is 0 Å². The molecule has 0 unspecified atom stereocenters. The number of ether oxygens (including phenoxy) is 1. The first-order valence-corrected chi connectivity index (χ1v) is 5.05. The maximum absolute atomic E-state index is 11.2. The summed E-state index contributed by atoms with van der Waals surface area (Å²) in [5.74, 6) is -0.573. The van der Waals surface area contributed by atoms with Crippen LogP contribution in [0.15, 0.2) is 0 Å². The van der Waals surface area contributed by atoms with Crippen molar-refractivity contribution in [3.8, 4) is 6.07 Å². The number of aliphatic hydroxyl groups is 1. The van der Waals surface area contributed by atoms with Crippen LogP contribution < -0.4 is 10.6 Å². The highest BCUT2D eigenvalue weighted by Crippen LogP contribution is 2.05. The van der Waals surface area contributed by atoms with Gasteiger partial charge in [-0.05, 0) is 20.8 Å². The zero-order valence-electron chi connectivity index (χ0n) is 10.1. The van der Waals surface area contributed by atoms with Gasteiger partial charge in [0.25, 0.3) is 0 Å². The zero-order valence-corrected chi connectivity index (χ0v) is 10.1. The maximum atomic E-state index is 11.2. The van der Waals surface area contributed by atoms with Crippen molar-refractivity contribution < 1.29 is 19.4 Å². The molecule has 0 spiro atoms. The van der Waals surface area contributed by atoms with E-state index in [1.807, 2.05) is 0 Å². The Bertz CT molecular complexity index is 316. The molecule has 3 N–H and O–H groups in total. The smallest absolute Gasteiger partial charge is 0.408 e. The number of carbonyl (C=O) groups excluding carboxylic acids is 2. The second-order valence-corrected chi connectivity index (χ2v) is 4.29. The summed E-state index contributed by atoms with van der Waals surface area (Å²) in [5.41, 5.74) is -0.638. The van der Waals surface area contributed by atoms with Gasteiger partial charge in [0.2, 0.25) is 5.91 Å². The fraction of sp³-hybridized carbons (Fsp3) is 0.700. The third-order valence-corrected chi connectivity index (χ3v) is 1.47. The zero-order chi connectivity index (χ0) is 13.5. The number of amides is 2. The number of nitrogens with one attached hydrogen (secondary N) is 2. The standard InChI is InChI=1S/C10H17N3O4/c1-10(2,3)17-9(16)12-5-8(15)13-7(4-11)6-14/h7,14H,5-6H2,1-3H3,(H,12,16)(H,13,15)/t7-/m1/s1. The van der Waals surface area contributed by atoms with Crippen molar-refractivity contribution in [2.75, 3.05) is 13.2 Å². The second-order valence-electron chi connectivity index (χ2n) is 4.29. The highest BCUT2D eigenvalue weighted by molar-refractivity contribution is 5.82. The number of aliphatic hydroxyl groups excluding tert-OH is 1. The molecule has 96 valence electrons. The van der Waals surface area contributed by atoms with Crippen molar-refractivity contribution in [3.05, 3.63) is 0 Å². The molecule has 0 rings (SSSR count). The summed E-state index contributed by atoms with van der Waals surface area (Å²) in [5, 5.41) is 21.6. The summed E-state index contributed by atoms with van der Waals surface area (Å²) in [4.78, 5) is 22.4. The van der Waals surface area contributed by atoms with E-state index < -0.39 is 30.3 Å². The third kappa shape index (κ3) is 8.04. The molecule has 0 aliphatic heterocycles. The van der Waals surface area contributed by atoms with Gasteiger partial charge in [-0.25, -0.2) is 4.79 Å². The molecule has 0 fully saturated rings. The maximum Gasteiger partial charge on any atom is 0.408 e. The number of hydrogen-bond acceptors (Lipinski definition) is 5. The van der Waals surface area contributed by atoms with E-state index in [4.69, 9.17) is 15.1 Å². The van der Waals surface area contributed by atoms with E-state index in [9.17, 15) is 9.59 Å². The lowest BCUT2D eigenvalue weighted by molar-refractivity contribution is -0.120. The molecule has 0 radical (unpaired) electrons. The van der Waals surface area contributed by atoms with Crippen molar-refractivity contribution in [2.24, 2.45) is 0 Å². The third-order valence-electron chi connectivity index (χ3n) is 1.47. The molecule has 7 heteroatoms. The topological polar surface area (TPSA) is 111 Å². The van der Waals surface area contributed by atoms with Crippen molar-refractivity contribution in [3.63, 3.8) is 0 Å². The molecule has 0 aliphatic rings. The number of nitriles is 1. The Morgan fingerprint density at radius 1 is 1.47 bits per heavy atom. The SMILES string of the molecule is CC(C)(C)OC(=O)NCC(=O)N[C@H](C#N)CO. The highest BCUT2D eigenvalue weighted by atomic mass is 16.6. The van der Waals surface area contributed by atoms with E-state index in [-0.39, 0.29) is 6.54 Å². The van der Waals surface area contributed by atoms with Gasteiger partial charge in [0.1, 0.15) is 18.2 Å². The Morgan fingerprint density at radius 2 is 2.06 bits per heavy atom. The summed E-state index contributed by atoms with van der Waals surface area (Å²) >= 11 is 0. The summed E-state index contributed by atoms with van der Waals surface area (Å²) in [6.45, 7) is 4.31. The molecule has 17 heavy (non-hydrogen) atoms. The Morgan fingerprint density at radius 3 is 2.47 bits per heavy atom. The van der Waals surface area contributed by atoms with E-state index in [1.54, 1.807) is 26.8 Å². The van der Waals surface area contributed by atoms with Crippen LogP contribution in [-0.2, 0) is 9.53 Å². The highest BCUT2D eigenvalue weighted by Gasteiger charge is 2.17. The van der Waals surface area contributed by atoms with Crippen LogP contribution in [-0.4, -0.2) is 41.9 Å². The number of carbonyl (C=O) groups is 2. The molecule has 0 bridgehead atoms.